The molecular weight excluding hydrogens is 448 g/mol. The molecule has 0 aliphatic rings. The number of aromatic amines is 1. The summed E-state index contributed by atoms with van der Waals surface area (Å²) in [5.74, 6) is 2.37. The number of methoxy groups -OCH3 is 2. The molecule has 0 saturated carbocycles. The molecule has 1 aromatic heterocycles. The van der Waals surface area contributed by atoms with Crippen LogP contribution in [0.3, 0.4) is 0 Å². The number of nitrogens with zero attached hydrogens (tertiary/aromatic N) is 1. The van der Waals surface area contributed by atoms with Crippen LogP contribution in [0.15, 0.2) is 60.7 Å². The SMILES string of the molecule is COc1cccc(-c2nc(-c3cc(C(C)(C)C)cc(C(C)(C)C)c3O)[nH]c2-c2cccc(OC)c2)c1. The lowest BCUT2D eigenvalue weighted by Crippen LogP contribution is -2.17. The van der Waals surface area contributed by atoms with Gasteiger partial charge >= 0.3 is 0 Å². The molecule has 0 bridgehead atoms. The Hall–Kier alpha value is -3.73. The van der Waals surface area contributed by atoms with Crippen molar-refractivity contribution in [3.63, 3.8) is 0 Å². The van der Waals surface area contributed by atoms with E-state index < -0.39 is 0 Å². The third-order valence-electron chi connectivity index (χ3n) is 6.44. The number of benzene rings is 3. The molecule has 0 amide bonds. The van der Waals surface area contributed by atoms with E-state index in [1.165, 1.54) is 0 Å². The Morgan fingerprint density at radius 1 is 0.750 bits per heavy atom. The van der Waals surface area contributed by atoms with Gasteiger partial charge in [0.05, 0.1) is 31.2 Å². The number of phenolic OH excluding ortho intramolecular Hbond substituents is 1. The summed E-state index contributed by atoms with van der Waals surface area (Å²) in [5.41, 5.74) is 5.86. The molecule has 0 aliphatic carbocycles. The predicted molar refractivity (Wildman–Crippen MR) is 147 cm³/mol. The Bertz CT molecular complexity index is 1320. The van der Waals surface area contributed by atoms with Crippen molar-refractivity contribution in [2.45, 2.75) is 52.4 Å². The Balaban J connectivity index is 2.01. The van der Waals surface area contributed by atoms with Gasteiger partial charge in [0.25, 0.3) is 0 Å². The van der Waals surface area contributed by atoms with Gasteiger partial charge in [0.15, 0.2) is 0 Å². The van der Waals surface area contributed by atoms with Crippen molar-refractivity contribution in [3.05, 3.63) is 71.8 Å². The first-order valence-electron chi connectivity index (χ1n) is 12.2. The minimum Gasteiger partial charge on any atom is -0.507 e. The van der Waals surface area contributed by atoms with Crippen LogP contribution in [0.5, 0.6) is 17.2 Å². The van der Waals surface area contributed by atoms with Crippen molar-refractivity contribution in [2.24, 2.45) is 0 Å². The number of hydrogen-bond donors (Lipinski definition) is 2. The lowest BCUT2D eigenvalue weighted by molar-refractivity contribution is 0.415. The number of ether oxygens (including phenoxy) is 2. The number of rotatable bonds is 5. The molecule has 3 aromatic carbocycles. The van der Waals surface area contributed by atoms with Gasteiger partial charge in [-0.05, 0) is 46.7 Å². The van der Waals surface area contributed by atoms with E-state index in [1.54, 1.807) is 14.2 Å². The van der Waals surface area contributed by atoms with Crippen LogP contribution in [0.1, 0.15) is 52.7 Å². The Labute approximate surface area is 214 Å². The summed E-state index contributed by atoms with van der Waals surface area (Å²) >= 11 is 0. The lowest BCUT2D eigenvalue weighted by Gasteiger charge is -2.27. The Morgan fingerprint density at radius 3 is 1.89 bits per heavy atom. The normalized spacial score (nSPS) is 12.0. The van der Waals surface area contributed by atoms with Crippen molar-refractivity contribution in [1.29, 1.82) is 0 Å². The Morgan fingerprint density at radius 2 is 1.33 bits per heavy atom. The molecule has 2 N–H and O–H groups in total. The lowest BCUT2D eigenvalue weighted by atomic mass is 9.79. The molecule has 188 valence electrons. The molecule has 4 rings (SSSR count). The van der Waals surface area contributed by atoms with Crippen LogP contribution in [0.2, 0.25) is 0 Å². The van der Waals surface area contributed by atoms with Crippen LogP contribution in [-0.4, -0.2) is 29.3 Å². The number of phenols is 1. The minimum atomic E-state index is -0.238. The molecule has 0 atom stereocenters. The summed E-state index contributed by atoms with van der Waals surface area (Å²) in [7, 11) is 3.31. The standard InChI is InChI=1S/C31H36N2O3/c1-30(2,3)21-17-24(28(34)25(18-21)31(4,5)6)29-32-26(19-11-9-13-22(15-19)35-7)27(33-29)20-12-10-14-23(16-20)36-8/h9-18,34H,1-8H3,(H,32,33). The zero-order chi connectivity index (χ0) is 26.3. The molecule has 4 aromatic rings. The average molecular weight is 485 g/mol. The fraction of sp³-hybridized carbons (Fsp3) is 0.323. The second kappa shape index (κ2) is 9.38. The highest BCUT2D eigenvalue weighted by Gasteiger charge is 2.27. The zero-order valence-corrected chi connectivity index (χ0v) is 22.5. The van der Waals surface area contributed by atoms with Gasteiger partial charge in [-0.1, -0.05) is 71.9 Å². The highest BCUT2D eigenvalue weighted by molar-refractivity contribution is 5.83. The van der Waals surface area contributed by atoms with Crippen LogP contribution in [0.4, 0.5) is 0 Å². The van der Waals surface area contributed by atoms with Crippen LogP contribution >= 0.6 is 0 Å². The number of hydrogen-bond acceptors (Lipinski definition) is 4. The number of H-pyrrole nitrogens is 1. The van der Waals surface area contributed by atoms with E-state index in [2.05, 4.69) is 52.6 Å². The number of imidazole rings is 1. The van der Waals surface area contributed by atoms with Gasteiger partial charge in [-0.3, -0.25) is 0 Å². The predicted octanol–water partition coefficient (Wildman–Crippen LogP) is 7.73. The van der Waals surface area contributed by atoms with Crippen LogP contribution in [0.25, 0.3) is 33.9 Å². The highest BCUT2D eigenvalue weighted by atomic mass is 16.5. The van der Waals surface area contributed by atoms with Gasteiger partial charge in [-0.25, -0.2) is 4.98 Å². The molecule has 0 saturated heterocycles. The highest BCUT2D eigenvalue weighted by Crippen LogP contribution is 2.43. The fourth-order valence-electron chi connectivity index (χ4n) is 4.29. The minimum absolute atomic E-state index is 0.0969. The largest absolute Gasteiger partial charge is 0.507 e. The van der Waals surface area contributed by atoms with Gasteiger partial charge in [0, 0.05) is 16.7 Å². The zero-order valence-electron chi connectivity index (χ0n) is 22.5. The first-order chi connectivity index (χ1) is 16.9. The second-order valence-electron chi connectivity index (χ2n) is 11.2. The van der Waals surface area contributed by atoms with Gasteiger partial charge in [-0.15, -0.1) is 0 Å². The summed E-state index contributed by atoms with van der Waals surface area (Å²) in [5, 5.41) is 11.5. The van der Waals surface area contributed by atoms with Crippen LogP contribution in [-0.2, 0) is 10.8 Å². The number of nitrogens with one attached hydrogen (secondary N) is 1. The van der Waals surface area contributed by atoms with Crippen molar-refractivity contribution >= 4 is 0 Å². The molecule has 0 aliphatic heterocycles. The fourth-order valence-corrected chi connectivity index (χ4v) is 4.29. The summed E-state index contributed by atoms with van der Waals surface area (Å²) in [6.07, 6.45) is 0. The monoisotopic (exact) mass is 484 g/mol. The molecule has 36 heavy (non-hydrogen) atoms. The third kappa shape index (κ3) is 4.97. The van der Waals surface area contributed by atoms with E-state index in [9.17, 15) is 5.11 Å². The molecule has 0 radical (unpaired) electrons. The summed E-state index contributed by atoms with van der Waals surface area (Å²) in [6, 6.07) is 19.9. The van der Waals surface area contributed by atoms with Crippen molar-refractivity contribution < 1.29 is 14.6 Å². The molecule has 5 nitrogen and oxygen atoms in total. The van der Waals surface area contributed by atoms with Gasteiger partial charge in [0.1, 0.15) is 23.1 Å². The summed E-state index contributed by atoms with van der Waals surface area (Å²) < 4.78 is 11.0. The van der Waals surface area contributed by atoms with Crippen molar-refractivity contribution in [3.8, 4) is 51.2 Å². The third-order valence-corrected chi connectivity index (χ3v) is 6.44. The first-order valence-corrected chi connectivity index (χ1v) is 12.2. The van der Waals surface area contributed by atoms with Crippen molar-refractivity contribution in [1.82, 2.24) is 9.97 Å². The molecule has 0 unspecified atom stereocenters. The molecule has 0 fully saturated rings. The first kappa shape index (κ1) is 25.4. The smallest absolute Gasteiger partial charge is 0.142 e. The van der Waals surface area contributed by atoms with E-state index in [0.29, 0.717) is 11.4 Å². The molecule has 0 spiro atoms. The maximum atomic E-state index is 11.5. The van der Waals surface area contributed by atoms with E-state index in [-0.39, 0.29) is 16.6 Å². The van der Waals surface area contributed by atoms with Crippen LogP contribution < -0.4 is 9.47 Å². The average Bonchev–Trinajstić information content (AvgIpc) is 3.28. The maximum absolute atomic E-state index is 11.5. The van der Waals surface area contributed by atoms with E-state index in [4.69, 9.17) is 14.5 Å². The van der Waals surface area contributed by atoms with Crippen molar-refractivity contribution in [2.75, 3.05) is 14.2 Å². The van der Waals surface area contributed by atoms with E-state index >= 15 is 0 Å². The quantitative estimate of drug-likeness (QED) is 0.304. The number of aromatic nitrogens is 2. The summed E-state index contributed by atoms with van der Waals surface area (Å²) in [4.78, 5) is 8.59. The van der Waals surface area contributed by atoms with E-state index in [1.807, 2.05) is 54.6 Å². The summed E-state index contributed by atoms with van der Waals surface area (Å²) in [6.45, 7) is 12.9. The maximum Gasteiger partial charge on any atom is 0.142 e. The Kier molecular flexibility index (Phi) is 6.61. The topological polar surface area (TPSA) is 67.4 Å². The molecule has 1 heterocycles. The van der Waals surface area contributed by atoms with Gasteiger partial charge < -0.3 is 19.6 Å². The molecular formula is C31H36N2O3. The second-order valence-corrected chi connectivity index (χ2v) is 11.2. The number of aromatic hydroxyl groups is 1. The van der Waals surface area contributed by atoms with Gasteiger partial charge in [0.2, 0.25) is 0 Å². The van der Waals surface area contributed by atoms with E-state index in [0.717, 1.165) is 45.1 Å². The van der Waals surface area contributed by atoms with Gasteiger partial charge in [-0.2, -0.15) is 0 Å². The molecule has 5 heteroatoms. The van der Waals surface area contributed by atoms with Crippen LogP contribution in [0, 0.1) is 0 Å².